The number of rotatable bonds is 5. The van der Waals surface area contributed by atoms with Crippen LogP contribution in [0.4, 0.5) is 0 Å². The van der Waals surface area contributed by atoms with E-state index in [4.69, 9.17) is 0 Å². The second-order valence-electron chi connectivity index (χ2n) is 5.95. The van der Waals surface area contributed by atoms with Crippen molar-refractivity contribution in [2.75, 3.05) is 12.3 Å². The molecule has 0 aliphatic carbocycles. The summed E-state index contributed by atoms with van der Waals surface area (Å²) >= 11 is 1.47. The van der Waals surface area contributed by atoms with Crippen molar-refractivity contribution in [3.8, 4) is 0 Å². The Hall–Kier alpha value is -2.57. The first kappa shape index (κ1) is 15.9. The minimum Gasteiger partial charge on any atom is -0.390 e. The van der Waals surface area contributed by atoms with Crippen molar-refractivity contribution in [3.05, 3.63) is 65.7 Å². The Bertz CT molecular complexity index is 898. The van der Waals surface area contributed by atoms with Gasteiger partial charge in [0.05, 0.1) is 28.8 Å². The highest BCUT2D eigenvalue weighted by Crippen LogP contribution is 2.25. The van der Waals surface area contributed by atoms with Crippen LogP contribution in [-0.2, 0) is 0 Å². The number of benzene rings is 2. The first-order chi connectivity index (χ1) is 12.1. The van der Waals surface area contributed by atoms with Crippen molar-refractivity contribution < 1.29 is 14.7 Å². The van der Waals surface area contributed by atoms with Crippen molar-refractivity contribution in [3.63, 3.8) is 0 Å². The number of hydrogen-bond donors (Lipinski definition) is 2. The molecule has 0 radical (unpaired) electrons. The lowest BCUT2D eigenvalue weighted by atomic mass is 10.1. The lowest BCUT2D eigenvalue weighted by Gasteiger charge is -2.18. The summed E-state index contributed by atoms with van der Waals surface area (Å²) in [6, 6.07) is 16.7. The molecule has 2 amide bonds. The number of thioether (sulfide) groups is 1. The van der Waals surface area contributed by atoms with E-state index in [2.05, 4.69) is 4.98 Å². The Labute approximate surface area is 148 Å². The topological polar surface area (TPSA) is 73.4 Å². The number of aliphatic hydroxyl groups excluding tert-OH is 1. The van der Waals surface area contributed by atoms with Crippen LogP contribution in [0.3, 0.4) is 0 Å². The van der Waals surface area contributed by atoms with Crippen LogP contribution in [0.25, 0.3) is 10.9 Å². The highest BCUT2D eigenvalue weighted by atomic mass is 32.2. The van der Waals surface area contributed by atoms with Gasteiger partial charge in [0.1, 0.15) is 0 Å². The maximum Gasteiger partial charge on any atom is 0.261 e. The molecule has 2 aromatic carbocycles. The van der Waals surface area contributed by atoms with Gasteiger partial charge in [-0.1, -0.05) is 30.3 Å². The van der Waals surface area contributed by atoms with E-state index in [0.717, 1.165) is 20.8 Å². The van der Waals surface area contributed by atoms with Crippen molar-refractivity contribution in [1.82, 2.24) is 9.88 Å². The molecule has 0 saturated carbocycles. The van der Waals surface area contributed by atoms with E-state index in [1.807, 2.05) is 30.3 Å². The van der Waals surface area contributed by atoms with Gasteiger partial charge in [0, 0.05) is 16.7 Å². The number of β-amino-alcohol motifs (C(OH)–C–C–N with tert-alkyl or cyclic N) is 1. The van der Waals surface area contributed by atoms with Crippen molar-refractivity contribution in [1.29, 1.82) is 0 Å². The van der Waals surface area contributed by atoms with E-state index >= 15 is 0 Å². The zero-order chi connectivity index (χ0) is 17.4. The van der Waals surface area contributed by atoms with Crippen LogP contribution >= 0.6 is 11.8 Å². The molecule has 4 rings (SSSR count). The minimum atomic E-state index is -0.793. The molecule has 0 spiro atoms. The molecule has 0 saturated heterocycles. The van der Waals surface area contributed by atoms with Crippen LogP contribution in [0, 0.1) is 0 Å². The summed E-state index contributed by atoms with van der Waals surface area (Å²) < 4.78 is 0. The molecule has 1 aliphatic rings. The van der Waals surface area contributed by atoms with Gasteiger partial charge in [-0.3, -0.25) is 14.5 Å². The second-order valence-corrected chi connectivity index (χ2v) is 7.01. The monoisotopic (exact) mass is 352 g/mol. The predicted octanol–water partition coefficient (Wildman–Crippen LogP) is 2.92. The van der Waals surface area contributed by atoms with Crippen LogP contribution in [0.1, 0.15) is 20.7 Å². The standard InChI is InChI=1S/C19H16N2O3S/c22-13(11-25-17-9-12-5-1-4-8-16(12)20-17)10-21-18(23)14-6-2-3-7-15(14)19(21)24/h1-9,13,20,22H,10-11H2. The summed E-state index contributed by atoms with van der Waals surface area (Å²) in [5.74, 6) is -0.286. The third kappa shape index (κ3) is 2.94. The van der Waals surface area contributed by atoms with Crippen molar-refractivity contribution in [2.24, 2.45) is 0 Å². The quantitative estimate of drug-likeness (QED) is 0.547. The van der Waals surface area contributed by atoms with E-state index in [0.29, 0.717) is 16.9 Å². The maximum absolute atomic E-state index is 12.3. The van der Waals surface area contributed by atoms with E-state index in [1.165, 1.54) is 11.8 Å². The van der Waals surface area contributed by atoms with E-state index in [9.17, 15) is 14.7 Å². The number of carbonyl (C=O) groups excluding carboxylic acids is 2. The largest absolute Gasteiger partial charge is 0.390 e. The number of nitrogens with zero attached hydrogens (tertiary/aromatic N) is 1. The number of amides is 2. The summed E-state index contributed by atoms with van der Waals surface area (Å²) in [6.07, 6.45) is -0.793. The molecular weight excluding hydrogens is 336 g/mol. The number of aliphatic hydroxyl groups is 1. The summed E-state index contributed by atoms with van der Waals surface area (Å²) in [5, 5.41) is 12.3. The molecule has 0 bridgehead atoms. The zero-order valence-electron chi connectivity index (χ0n) is 13.3. The number of imide groups is 1. The molecule has 3 aromatic rings. The Morgan fingerprint density at radius 2 is 1.64 bits per heavy atom. The molecule has 1 unspecified atom stereocenters. The summed E-state index contributed by atoms with van der Waals surface area (Å²) in [6.45, 7) is -0.000422. The Morgan fingerprint density at radius 1 is 1.00 bits per heavy atom. The molecule has 2 N–H and O–H groups in total. The Morgan fingerprint density at radius 3 is 2.32 bits per heavy atom. The normalized spacial score (nSPS) is 15.0. The molecule has 0 fully saturated rings. The van der Waals surface area contributed by atoms with Gasteiger partial charge in [-0.25, -0.2) is 0 Å². The van der Waals surface area contributed by atoms with Crippen LogP contribution in [0.15, 0.2) is 59.6 Å². The van der Waals surface area contributed by atoms with E-state index in [-0.39, 0.29) is 18.4 Å². The number of nitrogens with one attached hydrogen (secondary N) is 1. The van der Waals surface area contributed by atoms with Crippen molar-refractivity contribution >= 4 is 34.5 Å². The van der Waals surface area contributed by atoms with Gasteiger partial charge in [-0.05, 0) is 24.3 Å². The third-order valence-electron chi connectivity index (χ3n) is 4.21. The summed E-state index contributed by atoms with van der Waals surface area (Å²) in [4.78, 5) is 29.0. The number of fused-ring (bicyclic) bond motifs is 2. The summed E-state index contributed by atoms with van der Waals surface area (Å²) in [5.41, 5.74) is 1.85. The van der Waals surface area contributed by atoms with Crippen LogP contribution in [-0.4, -0.2) is 45.2 Å². The molecular formula is C19H16N2O3S. The maximum atomic E-state index is 12.3. The number of para-hydroxylation sites is 1. The summed E-state index contributed by atoms with van der Waals surface area (Å²) in [7, 11) is 0. The smallest absolute Gasteiger partial charge is 0.261 e. The number of H-pyrrole nitrogens is 1. The first-order valence-corrected chi connectivity index (χ1v) is 8.96. The molecule has 2 heterocycles. The van der Waals surface area contributed by atoms with Crippen LogP contribution < -0.4 is 0 Å². The fourth-order valence-corrected chi connectivity index (χ4v) is 3.85. The molecule has 5 nitrogen and oxygen atoms in total. The van der Waals surface area contributed by atoms with Gasteiger partial charge in [0.2, 0.25) is 0 Å². The van der Waals surface area contributed by atoms with Crippen molar-refractivity contribution in [2.45, 2.75) is 11.1 Å². The van der Waals surface area contributed by atoms with Crippen LogP contribution in [0.2, 0.25) is 0 Å². The van der Waals surface area contributed by atoms with Gasteiger partial charge < -0.3 is 10.1 Å². The van der Waals surface area contributed by atoms with Crippen LogP contribution in [0.5, 0.6) is 0 Å². The Balaban J connectivity index is 1.40. The fourth-order valence-electron chi connectivity index (χ4n) is 2.98. The highest BCUT2D eigenvalue weighted by Gasteiger charge is 2.36. The van der Waals surface area contributed by atoms with Gasteiger partial charge in [0.25, 0.3) is 11.8 Å². The second kappa shape index (κ2) is 6.38. The lowest BCUT2D eigenvalue weighted by molar-refractivity contribution is 0.0567. The molecule has 1 atom stereocenters. The molecule has 1 aliphatic heterocycles. The Kier molecular flexibility index (Phi) is 4.07. The zero-order valence-corrected chi connectivity index (χ0v) is 14.1. The van der Waals surface area contributed by atoms with E-state index in [1.54, 1.807) is 24.3 Å². The SMILES string of the molecule is O=C1c2ccccc2C(=O)N1CC(O)CSc1cc2ccccc2[nH]1. The average molecular weight is 352 g/mol. The predicted molar refractivity (Wildman–Crippen MR) is 96.8 cm³/mol. The molecule has 126 valence electrons. The minimum absolute atomic E-state index is 0.000422. The molecule has 6 heteroatoms. The van der Waals surface area contributed by atoms with Gasteiger partial charge in [0.15, 0.2) is 0 Å². The number of aromatic nitrogens is 1. The number of hydrogen-bond acceptors (Lipinski definition) is 4. The third-order valence-corrected chi connectivity index (χ3v) is 5.29. The fraction of sp³-hybridized carbons (Fsp3) is 0.158. The number of aromatic amines is 1. The number of carbonyl (C=O) groups is 2. The molecule has 1 aromatic heterocycles. The van der Waals surface area contributed by atoms with Gasteiger partial charge in [-0.15, -0.1) is 11.8 Å². The average Bonchev–Trinajstić information content (AvgIpc) is 3.15. The van der Waals surface area contributed by atoms with E-state index < -0.39 is 6.10 Å². The van der Waals surface area contributed by atoms with Gasteiger partial charge >= 0.3 is 0 Å². The lowest BCUT2D eigenvalue weighted by Crippen LogP contribution is -2.37. The first-order valence-electron chi connectivity index (χ1n) is 7.97. The van der Waals surface area contributed by atoms with Gasteiger partial charge in [-0.2, -0.15) is 0 Å². The molecule has 25 heavy (non-hydrogen) atoms. The highest BCUT2D eigenvalue weighted by molar-refractivity contribution is 7.99.